The molecule has 138 valence electrons. The van der Waals surface area contributed by atoms with E-state index in [4.69, 9.17) is 16.6 Å². The van der Waals surface area contributed by atoms with Crippen LogP contribution in [0.5, 0.6) is 0 Å². The molecular weight excluding hydrogens is 378 g/mol. The van der Waals surface area contributed by atoms with Crippen molar-refractivity contribution in [3.05, 3.63) is 96.0 Å². The Morgan fingerprint density at radius 2 is 1.48 bits per heavy atom. The lowest BCUT2D eigenvalue weighted by molar-refractivity contribution is 1.10. The Balaban J connectivity index is 1.75. The first-order valence-electron chi connectivity index (χ1n) is 9.53. The molecule has 29 heavy (non-hydrogen) atoms. The van der Waals surface area contributed by atoms with Crippen LogP contribution < -0.4 is 0 Å². The summed E-state index contributed by atoms with van der Waals surface area (Å²) < 4.78 is 2.15. The Morgan fingerprint density at radius 3 is 2.41 bits per heavy atom. The monoisotopic (exact) mass is 393 g/mol. The third-order valence-corrected chi connectivity index (χ3v) is 5.76. The second kappa shape index (κ2) is 6.23. The maximum atomic E-state index is 6.60. The van der Waals surface area contributed by atoms with E-state index in [2.05, 4.69) is 58.1 Å². The predicted octanol–water partition coefficient (Wildman–Crippen LogP) is 6.98. The quantitative estimate of drug-likeness (QED) is 0.338. The summed E-state index contributed by atoms with van der Waals surface area (Å²) in [6, 6.07) is 30.8. The maximum Gasteiger partial charge on any atom is 0.147 e. The molecule has 0 atom stereocenters. The minimum absolute atomic E-state index is 0.695. The summed E-state index contributed by atoms with van der Waals surface area (Å²) in [6.07, 6.45) is 0. The van der Waals surface area contributed by atoms with Gasteiger partial charge in [0.05, 0.1) is 27.3 Å². The molecule has 4 aromatic carbocycles. The van der Waals surface area contributed by atoms with Crippen LogP contribution in [-0.2, 0) is 0 Å². The summed E-state index contributed by atoms with van der Waals surface area (Å²) in [6.45, 7) is 0. The van der Waals surface area contributed by atoms with Crippen LogP contribution in [0.2, 0.25) is 5.02 Å². The molecule has 0 bridgehead atoms. The first-order valence-corrected chi connectivity index (χ1v) is 9.91. The van der Waals surface area contributed by atoms with Crippen LogP contribution in [0.15, 0.2) is 91.0 Å². The predicted molar refractivity (Wildman–Crippen MR) is 121 cm³/mol. The van der Waals surface area contributed by atoms with E-state index >= 15 is 0 Å². The van der Waals surface area contributed by atoms with Gasteiger partial charge in [-0.1, -0.05) is 66.2 Å². The van der Waals surface area contributed by atoms with Crippen molar-refractivity contribution in [2.45, 2.75) is 0 Å². The molecule has 0 fully saturated rings. The highest BCUT2D eigenvalue weighted by atomic mass is 35.5. The van der Waals surface area contributed by atoms with Crippen molar-refractivity contribution in [3.8, 4) is 17.1 Å². The molecule has 0 amide bonds. The highest BCUT2D eigenvalue weighted by Gasteiger charge is 2.19. The summed E-state index contributed by atoms with van der Waals surface area (Å²) >= 11 is 6.60. The third kappa shape index (κ3) is 2.41. The SMILES string of the molecule is Clc1ccccc1-n1c(-c2cccc3c2[nH]c2ccccc23)nc2ccccc21. The summed E-state index contributed by atoms with van der Waals surface area (Å²) in [5.41, 5.74) is 6.15. The number of hydrogen-bond acceptors (Lipinski definition) is 1. The largest absolute Gasteiger partial charge is 0.354 e. The number of nitrogens with one attached hydrogen (secondary N) is 1. The Morgan fingerprint density at radius 1 is 0.724 bits per heavy atom. The lowest BCUT2D eigenvalue weighted by atomic mass is 10.1. The van der Waals surface area contributed by atoms with Crippen molar-refractivity contribution in [2.24, 2.45) is 0 Å². The number of imidazole rings is 1. The number of H-pyrrole nitrogens is 1. The highest BCUT2D eigenvalue weighted by Crippen LogP contribution is 2.36. The molecule has 0 spiro atoms. The molecule has 0 unspecified atom stereocenters. The van der Waals surface area contributed by atoms with Crippen molar-refractivity contribution >= 4 is 44.4 Å². The van der Waals surface area contributed by atoms with Crippen LogP contribution in [0.25, 0.3) is 49.9 Å². The number of rotatable bonds is 2. The smallest absolute Gasteiger partial charge is 0.147 e. The van der Waals surface area contributed by atoms with Crippen molar-refractivity contribution in [1.29, 1.82) is 0 Å². The van der Waals surface area contributed by atoms with Gasteiger partial charge in [0, 0.05) is 21.9 Å². The molecule has 0 aliphatic carbocycles. The van der Waals surface area contributed by atoms with Crippen molar-refractivity contribution in [1.82, 2.24) is 14.5 Å². The fourth-order valence-electron chi connectivity index (χ4n) is 4.14. The van der Waals surface area contributed by atoms with E-state index in [1.54, 1.807) is 0 Å². The molecule has 1 N–H and O–H groups in total. The second-order valence-corrected chi connectivity index (χ2v) is 7.52. The van der Waals surface area contributed by atoms with Crippen molar-refractivity contribution in [2.75, 3.05) is 0 Å². The van der Waals surface area contributed by atoms with Gasteiger partial charge in [-0.3, -0.25) is 4.57 Å². The summed E-state index contributed by atoms with van der Waals surface area (Å²) in [4.78, 5) is 8.60. The van der Waals surface area contributed by atoms with Crippen molar-refractivity contribution in [3.63, 3.8) is 0 Å². The van der Waals surface area contributed by atoms with E-state index in [-0.39, 0.29) is 0 Å². The zero-order valence-corrected chi connectivity index (χ0v) is 16.2. The van der Waals surface area contributed by atoms with Crippen LogP contribution in [0.4, 0.5) is 0 Å². The first kappa shape index (κ1) is 16.4. The molecular formula is C25H16ClN3. The van der Waals surface area contributed by atoms with Crippen LogP contribution in [0, 0.1) is 0 Å². The zero-order chi connectivity index (χ0) is 19.4. The number of aromatic amines is 1. The van der Waals surface area contributed by atoms with Crippen LogP contribution in [0.3, 0.4) is 0 Å². The fourth-order valence-corrected chi connectivity index (χ4v) is 4.36. The number of fused-ring (bicyclic) bond motifs is 4. The van der Waals surface area contributed by atoms with Gasteiger partial charge in [0.1, 0.15) is 5.82 Å². The number of hydrogen-bond donors (Lipinski definition) is 1. The van der Waals surface area contributed by atoms with E-state index in [0.717, 1.165) is 39.1 Å². The van der Waals surface area contributed by atoms with Gasteiger partial charge in [0.2, 0.25) is 0 Å². The van der Waals surface area contributed by atoms with Gasteiger partial charge in [-0.25, -0.2) is 4.98 Å². The van der Waals surface area contributed by atoms with E-state index in [0.29, 0.717) is 5.02 Å². The van der Waals surface area contributed by atoms with Crippen molar-refractivity contribution < 1.29 is 0 Å². The molecule has 3 nitrogen and oxygen atoms in total. The van der Waals surface area contributed by atoms with Gasteiger partial charge in [0.25, 0.3) is 0 Å². The Hall–Kier alpha value is -3.56. The van der Waals surface area contributed by atoms with Crippen LogP contribution in [-0.4, -0.2) is 14.5 Å². The number of aromatic nitrogens is 3. The lowest BCUT2D eigenvalue weighted by Crippen LogP contribution is -1.98. The molecule has 2 aromatic heterocycles. The second-order valence-electron chi connectivity index (χ2n) is 7.11. The summed E-state index contributed by atoms with van der Waals surface area (Å²) in [7, 11) is 0. The molecule has 2 heterocycles. The Bertz CT molecular complexity index is 1520. The number of nitrogens with zero attached hydrogens (tertiary/aromatic N) is 2. The zero-order valence-electron chi connectivity index (χ0n) is 15.4. The summed E-state index contributed by atoms with van der Waals surface area (Å²) in [5.74, 6) is 0.872. The summed E-state index contributed by atoms with van der Waals surface area (Å²) in [5, 5.41) is 3.10. The van der Waals surface area contributed by atoms with E-state index in [9.17, 15) is 0 Å². The molecule has 0 aliphatic rings. The van der Waals surface area contributed by atoms with Crippen LogP contribution in [0.1, 0.15) is 0 Å². The minimum atomic E-state index is 0.695. The van der Waals surface area contributed by atoms with Gasteiger partial charge >= 0.3 is 0 Å². The average Bonchev–Trinajstić information content (AvgIpc) is 3.32. The van der Waals surface area contributed by atoms with E-state index in [1.165, 1.54) is 10.8 Å². The molecule has 6 aromatic rings. The normalized spacial score (nSPS) is 11.6. The maximum absolute atomic E-state index is 6.60. The molecule has 4 heteroatoms. The number of halogens is 1. The third-order valence-electron chi connectivity index (χ3n) is 5.44. The topological polar surface area (TPSA) is 33.6 Å². The number of benzene rings is 4. The van der Waals surface area contributed by atoms with Crippen LogP contribution >= 0.6 is 11.6 Å². The van der Waals surface area contributed by atoms with Gasteiger partial charge < -0.3 is 4.98 Å². The van der Waals surface area contributed by atoms with Gasteiger partial charge in [-0.05, 0) is 36.4 Å². The Labute approximate surface area is 172 Å². The number of para-hydroxylation sites is 5. The van der Waals surface area contributed by atoms with Gasteiger partial charge in [-0.15, -0.1) is 0 Å². The first-order chi connectivity index (χ1) is 14.3. The highest BCUT2D eigenvalue weighted by molar-refractivity contribution is 6.32. The molecule has 0 saturated heterocycles. The molecule has 0 radical (unpaired) electrons. The van der Waals surface area contributed by atoms with Gasteiger partial charge in [-0.2, -0.15) is 0 Å². The minimum Gasteiger partial charge on any atom is -0.354 e. The lowest BCUT2D eigenvalue weighted by Gasteiger charge is -2.12. The van der Waals surface area contributed by atoms with Gasteiger partial charge in [0.15, 0.2) is 0 Å². The average molecular weight is 394 g/mol. The Kier molecular flexibility index (Phi) is 3.52. The van der Waals surface area contributed by atoms with E-state index in [1.807, 2.05) is 42.5 Å². The fraction of sp³-hybridized carbons (Fsp3) is 0. The molecule has 0 aliphatic heterocycles. The van der Waals surface area contributed by atoms with E-state index < -0.39 is 0 Å². The molecule has 6 rings (SSSR count). The standard InChI is InChI=1S/C25H16ClN3/c26-19-11-2-5-14-22(19)29-23-15-6-4-13-21(23)28-25(29)18-10-7-9-17-16-8-1-3-12-20(16)27-24(17)18/h1-15,27H. The molecule has 0 saturated carbocycles.